The first kappa shape index (κ1) is 34.9. The van der Waals surface area contributed by atoms with Crippen LogP contribution in [0, 0.1) is 16.6 Å². The van der Waals surface area contributed by atoms with Gasteiger partial charge in [0.05, 0.1) is 24.0 Å². The average Bonchev–Trinajstić information content (AvgIpc) is 3.01. The molecule has 0 radical (unpaired) electrons. The minimum atomic E-state index is -0.563. The third kappa shape index (κ3) is 7.19. The van der Waals surface area contributed by atoms with Gasteiger partial charge in [-0.3, -0.25) is 9.78 Å². The summed E-state index contributed by atoms with van der Waals surface area (Å²) in [6.07, 6.45) is 8.82. The Balaban J connectivity index is 0.997. The summed E-state index contributed by atoms with van der Waals surface area (Å²) < 4.78 is 33.1. The molecule has 4 heterocycles. The summed E-state index contributed by atoms with van der Waals surface area (Å²) in [4.78, 5) is 45.8. The lowest BCUT2D eigenvalue weighted by Crippen LogP contribution is -2.65. The zero-order chi connectivity index (χ0) is 36.3. The maximum absolute atomic E-state index is 14.6. The molecule has 0 unspecified atom stereocenters. The lowest BCUT2D eigenvalue weighted by atomic mass is 9.61. The molecule has 3 fully saturated rings. The molecule has 4 aliphatic rings. The molecule has 1 aromatic carbocycles. The van der Waals surface area contributed by atoms with Gasteiger partial charge in [-0.25, -0.2) is 19.2 Å². The Labute approximate surface area is 299 Å². The van der Waals surface area contributed by atoms with Gasteiger partial charge in [-0.05, 0) is 90.0 Å². The Hall–Kier alpha value is -4.48. The number of carbonyl (C=O) groups is 2. The van der Waals surface area contributed by atoms with E-state index in [0.29, 0.717) is 31.1 Å². The van der Waals surface area contributed by atoms with E-state index in [1.165, 1.54) is 24.5 Å². The van der Waals surface area contributed by atoms with Crippen molar-refractivity contribution in [1.82, 2.24) is 24.8 Å². The highest BCUT2D eigenvalue weighted by atomic mass is 19.1. The highest BCUT2D eigenvalue weighted by Crippen LogP contribution is 2.52. The van der Waals surface area contributed by atoms with E-state index in [-0.39, 0.29) is 52.3 Å². The molecule has 1 spiro atoms. The largest absolute Gasteiger partial charge is 0.490 e. The van der Waals surface area contributed by atoms with Crippen molar-refractivity contribution < 1.29 is 28.2 Å². The van der Waals surface area contributed by atoms with E-state index in [0.717, 1.165) is 55.8 Å². The van der Waals surface area contributed by atoms with E-state index in [2.05, 4.69) is 33.7 Å². The van der Waals surface area contributed by atoms with Crippen LogP contribution in [0.4, 0.5) is 15.0 Å². The number of anilines is 1. The molecule has 2 saturated carbocycles. The van der Waals surface area contributed by atoms with Crippen molar-refractivity contribution in [2.75, 3.05) is 24.5 Å². The predicted molar refractivity (Wildman–Crippen MR) is 189 cm³/mol. The average molecular weight is 701 g/mol. The van der Waals surface area contributed by atoms with Crippen LogP contribution in [-0.4, -0.2) is 80.2 Å². The molecule has 7 rings (SSSR count). The number of hydrogen-bond donors (Lipinski definition) is 0. The lowest BCUT2D eigenvalue weighted by Gasteiger charge is -2.59. The molecule has 11 nitrogen and oxygen atoms in total. The Morgan fingerprint density at radius 3 is 2.45 bits per heavy atom. The molecule has 2 aliphatic carbocycles. The van der Waals surface area contributed by atoms with E-state index in [1.54, 1.807) is 17.3 Å². The third-order valence-corrected chi connectivity index (χ3v) is 10.5. The van der Waals surface area contributed by atoms with Gasteiger partial charge in [0.25, 0.3) is 5.91 Å². The maximum atomic E-state index is 14.6. The van der Waals surface area contributed by atoms with E-state index in [9.17, 15) is 14.0 Å². The predicted octanol–water partition coefficient (Wildman–Crippen LogP) is 7.18. The summed E-state index contributed by atoms with van der Waals surface area (Å²) in [7, 11) is 0. The van der Waals surface area contributed by atoms with Gasteiger partial charge >= 0.3 is 6.09 Å². The first-order valence-corrected chi connectivity index (χ1v) is 18.1. The zero-order valence-corrected chi connectivity index (χ0v) is 30.7. The molecule has 0 bridgehead atoms. The number of ether oxygens (including phenoxy) is 3. The number of carbonyl (C=O) groups excluding carboxylic acids is 2. The normalized spacial score (nSPS) is 19.5. The van der Waals surface area contributed by atoms with Crippen molar-refractivity contribution in [2.24, 2.45) is 10.8 Å². The van der Waals surface area contributed by atoms with Crippen molar-refractivity contribution in [2.45, 2.75) is 111 Å². The number of pyridine rings is 1. The van der Waals surface area contributed by atoms with Crippen LogP contribution in [0.3, 0.4) is 0 Å². The van der Waals surface area contributed by atoms with Crippen LogP contribution < -0.4 is 14.4 Å². The van der Waals surface area contributed by atoms with Crippen LogP contribution in [0.15, 0.2) is 43.0 Å². The number of rotatable bonds is 8. The summed E-state index contributed by atoms with van der Waals surface area (Å²) in [5, 5.41) is 0. The quantitative estimate of drug-likeness (QED) is 0.241. The van der Waals surface area contributed by atoms with Gasteiger partial charge in [0, 0.05) is 55.3 Å². The fourth-order valence-corrected chi connectivity index (χ4v) is 8.21. The minimum Gasteiger partial charge on any atom is -0.490 e. The molecule has 2 aromatic heterocycles. The van der Waals surface area contributed by atoms with Crippen LogP contribution in [0.1, 0.15) is 95.8 Å². The molecule has 51 heavy (non-hydrogen) atoms. The Bertz CT molecular complexity index is 1800. The van der Waals surface area contributed by atoms with Gasteiger partial charge in [0.15, 0.2) is 11.6 Å². The minimum absolute atomic E-state index is 0.0474. The van der Waals surface area contributed by atoms with E-state index in [4.69, 9.17) is 14.2 Å². The van der Waals surface area contributed by atoms with Crippen LogP contribution in [0.25, 0.3) is 0 Å². The van der Waals surface area contributed by atoms with Gasteiger partial charge in [-0.2, -0.15) is 0 Å². The second kappa shape index (κ2) is 12.9. The zero-order valence-electron chi connectivity index (χ0n) is 30.7. The number of hydrogen-bond acceptors (Lipinski definition) is 9. The van der Waals surface area contributed by atoms with Crippen molar-refractivity contribution in [3.8, 4) is 17.2 Å². The topological polar surface area (TPSA) is 110 Å². The summed E-state index contributed by atoms with van der Waals surface area (Å²) >= 11 is 0. The summed E-state index contributed by atoms with van der Waals surface area (Å²) in [6, 6.07) is 6.03. The Kier molecular flexibility index (Phi) is 8.86. The highest BCUT2D eigenvalue weighted by Gasteiger charge is 2.54. The number of amides is 2. The number of fused-ring (bicyclic) bond motifs is 1. The molecule has 3 aromatic rings. The first-order valence-electron chi connectivity index (χ1n) is 18.1. The molecule has 12 heteroatoms. The molecule has 0 atom stereocenters. The smallest absolute Gasteiger partial charge is 0.410 e. The van der Waals surface area contributed by atoms with Gasteiger partial charge in [0.2, 0.25) is 0 Å². The molecule has 2 aliphatic heterocycles. The molecule has 1 saturated heterocycles. The van der Waals surface area contributed by atoms with Crippen molar-refractivity contribution in [3.05, 3.63) is 65.6 Å². The van der Waals surface area contributed by atoms with Crippen LogP contribution in [0.5, 0.6) is 17.2 Å². The fourth-order valence-electron chi connectivity index (χ4n) is 8.21. The highest BCUT2D eigenvalue weighted by molar-refractivity contribution is 5.97. The van der Waals surface area contributed by atoms with Crippen molar-refractivity contribution >= 4 is 17.8 Å². The first-order chi connectivity index (χ1) is 24.1. The van der Waals surface area contributed by atoms with Gasteiger partial charge in [0.1, 0.15) is 35.3 Å². The van der Waals surface area contributed by atoms with Gasteiger partial charge < -0.3 is 28.9 Å². The SMILES string of the molecule is CC(C)N(C(=O)c1cc(F)ccc1Oc1cncnc1N1CC2(CC(Oc3ccnc4c3CN(C(=O)OC(C)(C)C)CC4)C2)C1)C1CC(C)(C)C1. The van der Waals surface area contributed by atoms with Gasteiger partial charge in [-0.15, -0.1) is 0 Å². The molecule has 272 valence electrons. The van der Waals surface area contributed by atoms with E-state index < -0.39 is 11.4 Å². The van der Waals surface area contributed by atoms with Crippen LogP contribution >= 0.6 is 0 Å². The number of halogens is 1. The molecular formula is C39H49FN6O5. The standard InChI is InChI=1S/C39H49FN6O5/c1-24(2)46(26-15-38(6,7)16-26)35(47)28-14-25(40)8-9-31(28)50-33-19-41-23-43-34(33)45-21-39(22-45)17-27(18-39)49-32-10-12-42-30-11-13-44(20-29(30)32)36(48)51-37(3,4)5/h8-10,12,14,19,23-24,26-27H,11,13,15-18,20-22H2,1-7H3. The Morgan fingerprint density at radius 2 is 1.76 bits per heavy atom. The number of aromatic nitrogens is 3. The molecular weight excluding hydrogens is 651 g/mol. The number of benzene rings is 1. The van der Waals surface area contributed by atoms with Gasteiger partial charge in [-0.1, -0.05) is 13.8 Å². The maximum Gasteiger partial charge on any atom is 0.410 e. The van der Waals surface area contributed by atoms with Crippen LogP contribution in [-0.2, 0) is 17.7 Å². The Morgan fingerprint density at radius 1 is 1.02 bits per heavy atom. The molecule has 0 N–H and O–H groups in total. The second-order valence-electron chi connectivity index (χ2n) is 16.9. The third-order valence-electron chi connectivity index (χ3n) is 10.5. The monoisotopic (exact) mass is 700 g/mol. The van der Waals surface area contributed by atoms with Crippen LogP contribution in [0.2, 0.25) is 0 Å². The summed E-state index contributed by atoms with van der Waals surface area (Å²) in [6.45, 7) is 16.5. The van der Waals surface area contributed by atoms with Crippen molar-refractivity contribution in [1.29, 1.82) is 0 Å². The molecule has 2 amide bonds. The van der Waals surface area contributed by atoms with E-state index >= 15 is 0 Å². The number of nitrogens with zero attached hydrogens (tertiary/aromatic N) is 6. The van der Waals surface area contributed by atoms with Crippen molar-refractivity contribution in [3.63, 3.8) is 0 Å². The lowest BCUT2D eigenvalue weighted by molar-refractivity contribution is -0.0353. The fraction of sp³-hybridized carbons (Fsp3) is 0.564. The van der Waals surface area contributed by atoms with E-state index in [1.807, 2.05) is 45.6 Å². The summed E-state index contributed by atoms with van der Waals surface area (Å²) in [5.41, 5.74) is 1.80. The second-order valence-corrected chi connectivity index (χ2v) is 16.9. The summed E-state index contributed by atoms with van der Waals surface area (Å²) in [5.74, 6) is 1.37.